The zero-order valence-electron chi connectivity index (χ0n) is 39.2. The van der Waals surface area contributed by atoms with E-state index in [0.29, 0.717) is 33.4 Å². The van der Waals surface area contributed by atoms with E-state index in [1.807, 2.05) is 0 Å². The molecule has 0 aromatic heterocycles. The van der Waals surface area contributed by atoms with Crippen LogP contribution in [0.1, 0.15) is 33.4 Å². The monoisotopic (exact) mass is 996 g/mol. The van der Waals surface area contributed by atoms with Gasteiger partial charge in [-0.15, -0.1) is 0 Å². The van der Waals surface area contributed by atoms with Crippen LogP contribution in [-0.2, 0) is 67.3 Å². The fourth-order valence-corrected chi connectivity index (χ4v) is 7.72. The summed E-state index contributed by atoms with van der Waals surface area (Å²) in [6.45, 7) is 0. The third-order valence-electron chi connectivity index (χ3n) is 11.8. The second-order valence-corrected chi connectivity index (χ2v) is 17.5. The largest absolute Gasteiger partial charge is 0.508 e. The molecule has 0 radical (unpaired) electrons. The van der Waals surface area contributed by atoms with Gasteiger partial charge in [-0.1, -0.05) is 72.8 Å². The number of carbonyl (C=O) groups is 6. The van der Waals surface area contributed by atoms with Crippen molar-refractivity contribution in [3.63, 3.8) is 0 Å². The Morgan fingerprint density at radius 2 is 0.479 bits per heavy atom. The fourth-order valence-electron chi connectivity index (χ4n) is 7.72. The van der Waals surface area contributed by atoms with Crippen molar-refractivity contribution >= 4 is 35.5 Å². The second-order valence-electron chi connectivity index (χ2n) is 17.5. The molecule has 6 aromatic carbocycles. The van der Waals surface area contributed by atoms with Crippen molar-refractivity contribution in [1.82, 2.24) is 26.6 Å². The first-order valence-corrected chi connectivity index (χ1v) is 23.0. The average molecular weight is 997 g/mol. The number of aliphatic carboxylic acids is 1. The van der Waals surface area contributed by atoms with Gasteiger partial charge < -0.3 is 68.1 Å². The Bertz CT molecular complexity index is 2830. The molecule has 0 aliphatic heterocycles. The Hall–Kier alpha value is -9.10. The first kappa shape index (κ1) is 53.3. The molecule has 380 valence electrons. The Morgan fingerprint density at radius 3 is 0.699 bits per heavy atom. The average Bonchev–Trinajstić information content (AvgIpc) is 3.36. The molecule has 6 atom stereocenters. The maximum absolute atomic E-state index is 14.7. The predicted molar refractivity (Wildman–Crippen MR) is 266 cm³/mol. The number of nitrogens with one attached hydrogen (secondary N) is 5. The van der Waals surface area contributed by atoms with E-state index in [4.69, 9.17) is 5.73 Å². The van der Waals surface area contributed by atoms with Crippen molar-refractivity contribution in [3.05, 3.63) is 179 Å². The molecule has 0 saturated heterocycles. The van der Waals surface area contributed by atoms with Crippen LogP contribution in [0.2, 0.25) is 0 Å². The Balaban J connectivity index is 1.29. The number of amides is 5. The molecule has 5 amide bonds. The van der Waals surface area contributed by atoms with E-state index in [2.05, 4.69) is 26.6 Å². The van der Waals surface area contributed by atoms with Gasteiger partial charge >= 0.3 is 5.97 Å². The third-order valence-corrected chi connectivity index (χ3v) is 11.8. The number of carbonyl (C=O) groups excluding carboxylic acids is 5. The van der Waals surface area contributed by atoms with Crippen molar-refractivity contribution in [2.24, 2.45) is 5.73 Å². The molecule has 0 aliphatic rings. The summed E-state index contributed by atoms with van der Waals surface area (Å²) in [5.41, 5.74) is 9.26. The van der Waals surface area contributed by atoms with Crippen LogP contribution in [0.4, 0.5) is 0 Å². The summed E-state index contributed by atoms with van der Waals surface area (Å²) < 4.78 is 0. The van der Waals surface area contributed by atoms with Crippen molar-refractivity contribution in [3.8, 4) is 34.5 Å². The van der Waals surface area contributed by atoms with Gasteiger partial charge in [0, 0.05) is 32.1 Å². The highest BCUT2D eigenvalue weighted by Gasteiger charge is 2.34. The van der Waals surface area contributed by atoms with Crippen LogP contribution in [0.25, 0.3) is 0 Å². The maximum atomic E-state index is 14.7. The number of nitrogens with two attached hydrogens (primary N) is 1. The minimum Gasteiger partial charge on any atom is -0.508 e. The lowest BCUT2D eigenvalue weighted by atomic mass is 9.99. The summed E-state index contributed by atoms with van der Waals surface area (Å²) in [6.07, 6.45) is -0.952. The number of carboxylic acids is 1. The third kappa shape index (κ3) is 16.5. The highest BCUT2D eigenvalue weighted by molar-refractivity contribution is 5.97. The molecule has 6 aromatic rings. The van der Waals surface area contributed by atoms with Crippen LogP contribution >= 0.6 is 0 Å². The summed E-state index contributed by atoms with van der Waals surface area (Å²) in [5, 5.41) is 82.9. The van der Waals surface area contributed by atoms with Gasteiger partial charge in [0.2, 0.25) is 29.5 Å². The number of phenols is 6. The van der Waals surface area contributed by atoms with Gasteiger partial charge in [0.1, 0.15) is 64.7 Å². The Labute approximate surface area is 419 Å². The normalized spacial score (nSPS) is 13.4. The highest BCUT2D eigenvalue weighted by atomic mass is 16.4. The van der Waals surface area contributed by atoms with Gasteiger partial charge in [-0.05, 0) is 113 Å². The van der Waals surface area contributed by atoms with E-state index in [1.54, 1.807) is 12.1 Å². The van der Waals surface area contributed by atoms with Crippen molar-refractivity contribution in [2.45, 2.75) is 74.8 Å². The maximum Gasteiger partial charge on any atom is 0.326 e. The molecule has 0 unspecified atom stereocenters. The molecule has 19 nitrogen and oxygen atoms in total. The quantitative estimate of drug-likeness (QED) is 0.0439. The van der Waals surface area contributed by atoms with E-state index in [-0.39, 0.29) is 73.0 Å². The summed E-state index contributed by atoms with van der Waals surface area (Å²) in [4.78, 5) is 84.0. The summed E-state index contributed by atoms with van der Waals surface area (Å²) >= 11 is 0. The van der Waals surface area contributed by atoms with E-state index >= 15 is 0 Å². The van der Waals surface area contributed by atoms with Gasteiger partial charge in [0.15, 0.2) is 0 Å². The van der Waals surface area contributed by atoms with Crippen molar-refractivity contribution in [2.75, 3.05) is 0 Å². The van der Waals surface area contributed by atoms with Crippen LogP contribution in [0.5, 0.6) is 34.5 Å². The van der Waals surface area contributed by atoms with Crippen LogP contribution in [0, 0.1) is 0 Å². The SMILES string of the molecule is N[C@H](Cc1ccc(O)cc1)C(=O)N[C@H](Cc1ccc(O)cc1)C(=O)N[C@H](Cc1ccc(O)cc1)C(=O)N[C@H](Cc1ccc(O)cc1)C(=O)N[C@@H](Cc1ccc(O)cc1)C(=O)N[C@H](Cc1ccc(O)cc1)C(=O)O. The lowest BCUT2D eigenvalue weighted by molar-refractivity contribution is -0.142. The van der Waals surface area contributed by atoms with Gasteiger partial charge in [-0.25, -0.2) is 4.79 Å². The summed E-state index contributed by atoms with van der Waals surface area (Å²) in [5.74, 6) is -6.04. The number of aromatic hydroxyl groups is 6. The van der Waals surface area contributed by atoms with E-state index in [0.717, 1.165) is 0 Å². The van der Waals surface area contributed by atoms with Crippen LogP contribution in [0.3, 0.4) is 0 Å². The molecule has 14 N–H and O–H groups in total. The lowest BCUT2D eigenvalue weighted by Crippen LogP contribution is -2.60. The van der Waals surface area contributed by atoms with Crippen LogP contribution < -0.4 is 32.3 Å². The van der Waals surface area contributed by atoms with Crippen LogP contribution in [0.15, 0.2) is 146 Å². The smallest absolute Gasteiger partial charge is 0.326 e. The molecule has 0 aliphatic carbocycles. The molecule has 0 bridgehead atoms. The highest BCUT2D eigenvalue weighted by Crippen LogP contribution is 2.18. The number of hydrogen-bond acceptors (Lipinski definition) is 13. The molecule has 6 rings (SSSR count). The molecule has 0 saturated carbocycles. The van der Waals surface area contributed by atoms with E-state index in [9.17, 15) is 64.5 Å². The molecular formula is C54H56N6O13. The number of benzene rings is 6. The minimum absolute atomic E-state index is 0.0118. The molecule has 73 heavy (non-hydrogen) atoms. The minimum atomic E-state index is -1.51. The summed E-state index contributed by atoms with van der Waals surface area (Å²) in [6, 6.07) is 26.3. The molecule has 19 heteroatoms. The molecule has 0 fully saturated rings. The zero-order valence-corrected chi connectivity index (χ0v) is 39.2. The van der Waals surface area contributed by atoms with Gasteiger partial charge in [-0.3, -0.25) is 24.0 Å². The number of rotatable bonds is 23. The first-order chi connectivity index (χ1) is 34.9. The van der Waals surface area contributed by atoms with E-state index < -0.39 is 71.8 Å². The first-order valence-electron chi connectivity index (χ1n) is 23.0. The van der Waals surface area contributed by atoms with Gasteiger partial charge in [0.05, 0.1) is 6.04 Å². The van der Waals surface area contributed by atoms with Crippen molar-refractivity contribution < 1.29 is 64.5 Å². The number of hydrogen-bond donors (Lipinski definition) is 13. The van der Waals surface area contributed by atoms with Gasteiger partial charge in [0.25, 0.3) is 0 Å². The number of phenolic OH excluding ortho intramolecular Hbond substituents is 6. The van der Waals surface area contributed by atoms with Gasteiger partial charge in [-0.2, -0.15) is 0 Å². The second kappa shape index (κ2) is 25.1. The standard InChI is InChI=1S/C54H56N6O13/c55-43(25-31-1-13-37(61)14-2-31)49(67)56-44(26-32-3-15-38(62)16-4-32)50(68)57-45(27-33-5-17-39(63)18-6-33)51(69)58-46(28-34-7-19-40(64)20-8-34)52(70)59-47(29-35-9-21-41(65)22-10-35)53(71)60-48(54(72)73)30-36-11-23-42(66)24-12-36/h1-24,43-48,61-66H,25-30,55H2,(H,56,67)(H,57,68)(H,58,69)(H,59,70)(H,60,71)(H,72,73)/t43-,44-,45-,46-,47+,48-/m1/s1. The lowest BCUT2D eigenvalue weighted by Gasteiger charge is -2.27. The Kier molecular flexibility index (Phi) is 18.3. The number of carboxylic acid groups (broad SMARTS) is 1. The summed E-state index contributed by atoms with van der Waals surface area (Å²) in [7, 11) is 0. The fraction of sp³-hybridized carbons (Fsp3) is 0.222. The Morgan fingerprint density at radius 1 is 0.301 bits per heavy atom. The zero-order chi connectivity index (χ0) is 52.6. The molecule has 0 spiro atoms. The van der Waals surface area contributed by atoms with Crippen LogP contribution in [-0.4, -0.2) is 108 Å². The van der Waals surface area contributed by atoms with Crippen molar-refractivity contribution in [1.29, 1.82) is 0 Å². The molecule has 0 heterocycles. The predicted octanol–water partition coefficient (Wildman–Crippen LogP) is 2.51. The van der Waals surface area contributed by atoms with E-state index in [1.165, 1.54) is 133 Å². The topological polar surface area (TPSA) is 330 Å². The molecular weight excluding hydrogens is 941 g/mol.